The fourth-order valence-corrected chi connectivity index (χ4v) is 4.42. The van der Waals surface area contributed by atoms with Crippen molar-refractivity contribution in [2.45, 2.75) is 59.7 Å². The first kappa shape index (κ1) is 26.0. The van der Waals surface area contributed by atoms with E-state index in [0.717, 1.165) is 17.8 Å². The summed E-state index contributed by atoms with van der Waals surface area (Å²) < 4.78 is 16.7. The molecule has 3 rings (SSSR count). The minimum Gasteiger partial charge on any atom is -0.486 e. The van der Waals surface area contributed by atoms with Crippen LogP contribution in [0.3, 0.4) is 0 Å². The zero-order valence-corrected chi connectivity index (χ0v) is 21.3. The van der Waals surface area contributed by atoms with Crippen LogP contribution in [-0.2, 0) is 11.3 Å². The van der Waals surface area contributed by atoms with Crippen LogP contribution in [0.5, 0.6) is 5.75 Å². The molecule has 2 aromatic heterocycles. The van der Waals surface area contributed by atoms with E-state index in [1.54, 1.807) is 26.8 Å². The summed E-state index contributed by atoms with van der Waals surface area (Å²) in [4.78, 5) is 37.4. The van der Waals surface area contributed by atoms with Crippen LogP contribution in [0.4, 0.5) is 5.00 Å². The van der Waals surface area contributed by atoms with Gasteiger partial charge in [0, 0.05) is 0 Å². The molecule has 1 aromatic carbocycles. The largest absolute Gasteiger partial charge is 0.486 e. The third kappa shape index (κ3) is 6.30. The van der Waals surface area contributed by atoms with Crippen LogP contribution in [0.15, 0.2) is 40.8 Å². The predicted molar refractivity (Wildman–Crippen MR) is 134 cm³/mol. The van der Waals surface area contributed by atoms with Gasteiger partial charge in [0.15, 0.2) is 5.76 Å². The number of esters is 1. The molecule has 0 aliphatic heterocycles. The number of carbonyl (C=O) groups excluding carboxylic acids is 3. The number of hydrogen-bond acceptors (Lipinski definition) is 7. The first-order valence-electron chi connectivity index (χ1n) is 11.4. The number of nitrogens with one attached hydrogen (secondary N) is 1. The van der Waals surface area contributed by atoms with Crippen LogP contribution in [0.1, 0.15) is 87.5 Å². The third-order valence-corrected chi connectivity index (χ3v) is 6.69. The van der Waals surface area contributed by atoms with Crippen molar-refractivity contribution in [2.24, 2.45) is 5.73 Å². The van der Waals surface area contributed by atoms with E-state index in [1.807, 2.05) is 24.3 Å². The molecule has 1 atom stereocenters. The Morgan fingerprint density at radius 1 is 1.09 bits per heavy atom. The number of anilines is 1. The quantitative estimate of drug-likeness (QED) is 0.348. The van der Waals surface area contributed by atoms with Gasteiger partial charge in [0.2, 0.25) is 0 Å². The van der Waals surface area contributed by atoms with E-state index in [0.29, 0.717) is 23.0 Å². The first-order chi connectivity index (χ1) is 16.6. The van der Waals surface area contributed by atoms with E-state index in [-0.39, 0.29) is 33.9 Å². The fourth-order valence-electron chi connectivity index (χ4n) is 3.38. The number of amides is 2. The summed E-state index contributed by atoms with van der Waals surface area (Å²) >= 11 is 0.918. The molecule has 0 aliphatic rings. The SMILES string of the molecule is CCC(C)c1ccc(OCc2ccc(C(=O)Nc3sc(C(N)=O)c(C)c3C(=O)OC(C)C)o2)cc1. The van der Waals surface area contributed by atoms with Gasteiger partial charge in [-0.2, -0.15) is 0 Å². The molecule has 1 unspecified atom stereocenters. The zero-order chi connectivity index (χ0) is 25.7. The van der Waals surface area contributed by atoms with E-state index >= 15 is 0 Å². The van der Waals surface area contributed by atoms with Crippen molar-refractivity contribution < 1.29 is 28.3 Å². The minimum atomic E-state index is -0.693. The molecule has 3 N–H and O–H groups in total. The molecule has 0 radical (unpaired) electrons. The molecule has 0 bridgehead atoms. The summed E-state index contributed by atoms with van der Waals surface area (Å²) in [5, 5.41) is 2.81. The average Bonchev–Trinajstić information content (AvgIpc) is 3.41. The van der Waals surface area contributed by atoms with Gasteiger partial charge in [-0.25, -0.2) is 4.79 Å². The highest BCUT2D eigenvalue weighted by Gasteiger charge is 2.27. The standard InChI is InChI=1S/C26H30N2O6S/c1-6-15(4)17-7-9-18(10-8-17)32-13-19-11-12-20(34-19)24(30)28-25-21(26(31)33-14(2)3)16(5)22(35-25)23(27)29/h7-12,14-15H,6,13H2,1-5H3,(H2,27,29)(H,28,30). The normalized spacial score (nSPS) is 11.8. The Morgan fingerprint density at radius 3 is 2.37 bits per heavy atom. The molecule has 2 heterocycles. The van der Waals surface area contributed by atoms with Gasteiger partial charge >= 0.3 is 5.97 Å². The lowest BCUT2D eigenvalue weighted by molar-refractivity contribution is 0.0379. The lowest BCUT2D eigenvalue weighted by Gasteiger charge is -2.10. The molecule has 2 amide bonds. The molecule has 8 nitrogen and oxygen atoms in total. The molecule has 186 valence electrons. The molecule has 3 aromatic rings. The Hall–Kier alpha value is -3.59. The topological polar surface area (TPSA) is 121 Å². The summed E-state index contributed by atoms with van der Waals surface area (Å²) in [6.07, 6.45) is 0.688. The van der Waals surface area contributed by atoms with E-state index in [4.69, 9.17) is 19.6 Å². The fraction of sp³-hybridized carbons (Fsp3) is 0.346. The summed E-state index contributed by atoms with van der Waals surface area (Å²) in [7, 11) is 0. The summed E-state index contributed by atoms with van der Waals surface area (Å²) in [5.74, 6) is -0.253. The van der Waals surface area contributed by atoms with Crippen molar-refractivity contribution in [1.29, 1.82) is 0 Å². The number of hydrogen-bond donors (Lipinski definition) is 2. The van der Waals surface area contributed by atoms with E-state index in [2.05, 4.69) is 19.2 Å². The highest BCUT2D eigenvalue weighted by Crippen LogP contribution is 2.34. The summed E-state index contributed by atoms with van der Waals surface area (Å²) in [5.41, 5.74) is 7.13. The molecule has 0 fully saturated rings. The zero-order valence-electron chi connectivity index (χ0n) is 20.5. The monoisotopic (exact) mass is 498 g/mol. The van der Waals surface area contributed by atoms with Crippen molar-refractivity contribution in [3.05, 3.63) is 69.5 Å². The van der Waals surface area contributed by atoms with Crippen molar-refractivity contribution in [3.8, 4) is 5.75 Å². The van der Waals surface area contributed by atoms with Gasteiger partial charge in [-0.3, -0.25) is 9.59 Å². The lowest BCUT2D eigenvalue weighted by Crippen LogP contribution is -2.17. The van der Waals surface area contributed by atoms with Crippen molar-refractivity contribution in [1.82, 2.24) is 0 Å². The number of carbonyl (C=O) groups is 3. The number of ether oxygens (including phenoxy) is 2. The van der Waals surface area contributed by atoms with Crippen LogP contribution in [0.25, 0.3) is 0 Å². The lowest BCUT2D eigenvalue weighted by atomic mass is 9.99. The number of benzene rings is 1. The maximum atomic E-state index is 12.8. The Labute approximate surface area is 208 Å². The Bertz CT molecular complexity index is 1210. The van der Waals surface area contributed by atoms with Crippen molar-refractivity contribution in [3.63, 3.8) is 0 Å². The second kappa shape index (κ2) is 11.2. The van der Waals surface area contributed by atoms with Gasteiger partial charge < -0.3 is 24.9 Å². The van der Waals surface area contributed by atoms with Gasteiger partial charge in [0.1, 0.15) is 23.1 Å². The molecule has 9 heteroatoms. The minimum absolute atomic E-state index is 0.0329. The van der Waals surface area contributed by atoms with E-state index in [9.17, 15) is 14.4 Å². The molecular formula is C26H30N2O6S. The highest BCUT2D eigenvalue weighted by atomic mass is 32.1. The van der Waals surface area contributed by atoms with Gasteiger partial charge in [-0.1, -0.05) is 26.0 Å². The molecule has 0 saturated heterocycles. The first-order valence-corrected chi connectivity index (χ1v) is 12.2. The van der Waals surface area contributed by atoms with Crippen molar-refractivity contribution >= 4 is 34.1 Å². The van der Waals surface area contributed by atoms with Gasteiger partial charge in [-0.15, -0.1) is 11.3 Å². The summed E-state index contributed by atoms with van der Waals surface area (Å²) in [6.45, 7) is 9.47. The van der Waals surface area contributed by atoms with Crippen LogP contribution in [-0.4, -0.2) is 23.9 Å². The highest BCUT2D eigenvalue weighted by molar-refractivity contribution is 7.18. The maximum absolute atomic E-state index is 12.8. The second-order valence-electron chi connectivity index (χ2n) is 8.47. The maximum Gasteiger partial charge on any atom is 0.341 e. The smallest absolute Gasteiger partial charge is 0.341 e. The Morgan fingerprint density at radius 2 is 1.77 bits per heavy atom. The number of nitrogens with two attached hydrogens (primary N) is 1. The second-order valence-corrected chi connectivity index (χ2v) is 9.49. The van der Waals surface area contributed by atoms with Crippen LogP contribution in [0, 0.1) is 6.92 Å². The molecule has 0 spiro atoms. The van der Waals surface area contributed by atoms with Crippen LogP contribution in [0.2, 0.25) is 0 Å². The van der Waals surface area contributed by atoms with Gasteiger partial charge in [-0.05, 0) is 68.5 Å². The van der Waals surface area contributed by atoms with Gasteiger partial charge in [0.25, 0.3) is 11.8 Å². The van der Waals surface area contributed by atoms with Crippen LogP contribution >= 0.6 is 11.3 Å². The Kier molecular flexibility index (Phi) is 8.34. The van der Waals surface area contributed by atoms with Crippen LogP contribution < -0.4 is 15.8 Å². The average molecular weight is 499 g/mol. The Balaban J connectivity index is 1.70. The summed E-state index contributed by atoms with van der Waals surface area (Å²) in [6, 6.07) is 11.1. The van der Waals surface area contributed by atoms with E-state index in [1.165, 1.54) is 11.6 Å². The number of primary amides is 1. The number of rotatable bonds is 10. The molecule has 0 aliphatic carbocycles. The van der Waals surface area contributed by atoms with Gasteiger partial charge in [0.05, 0.1) is 16.5 Å². The van der Waals surface area contributed by atoms with Crippen molar-refractivity contribution in [2.75, 3.05) is 5.32 Å². The number of thiophene rings is 1. The third-order valence-electron chi connectivity index (χ3n) is 5.47. The molecule has 35 heavy (non-hydrogen) atoms. The number of furan rings is 1. The molecular weight excluding hydrogens is 468 g/mol. The molecule has 0 saturated carbocycles. The van der Waals surface area contributed by atoms with E-state index < -0.39 is 17.8 Å². The predicted octanol–water partition coefficient (Wildman–Crippen LogP) is 5.66.